The molecule has 1 aliphatic heterocycles. The topological polar surface area (TPSA) is 59.1 Å². The predicted octanol–water partition coefficient (Wildman–Crippen LogP) is 4.43. The van der Waals surface area contributed by atoms with Crippen molar-refractivity contribution < 1.29 is 19.1 Å². The van der Waals surface area contributed by atoms with Crippen molar-refractivity contribution in [2.45, 2.75) is 6.92 Å². The van der Waals surface area contributed by atoms with Gasteiger partial charge in [0, 0.05) is 12.7 Å². The van der Waals surface area contributed by atoms with E-state index < -0.39 is 0 Å². The molecule has 2 amide bonds. The minimum absolute atomic E-state index is 0.300. The van der Waals surface area contributed by atoms with Crippen LogP contribution in [0.25, 0.3) is 5.57 Å². The van der Waals surface area contributed by atoms with E-state index in [-0.39, 0.29) is 11.8 Å². The molecule has 1 heterocycles. The van der Waals surface area contributed by atoms with Crippen LogP contribution in [0.2, 0.25) is 0 Å². The van der Waals surface area contributed by atoms with Gasteiger partial charge in [0.2, 0.25) is 0 Å². The highest BCUT2D eigenvalue weighted by molar-refractivity contribution is 6.46. The molecule has 0 unspecified atom stereocenters. The van der Waals surface area contributed by atoms with Crippen molar-refractivity contribution in [2.75, 3.05) is 31.1 Å². The molecular formula is C26H24N2O4. The molecule has 0 aromatic heterocycles. The summed E-state index contributed by atoms with van der Waals surface area (Å²) in [7, 11) is 4.87. The summed E-state index contributed by atoms with van der Waals surface area (Å²) in [6.07, 6.45) is 0. The average Bonchev–Trinajstić information content (AvgIpc) is 3.09. The SMILES string of the molecule is COc1ccc(C2=C(N(C)c3ccccc3)C(=O)N(c3ccc(C)cc3)C2=O)cc1OC. The molecule has 162 valence electrons. The van der Waals surface area contributed by atoms with Gasteiger partial charge in [-0.15, -0.1) is 0 Å². The molecule has 0 saturated carbocycles. The second kappa shape index (κ2) is 8.59. The number of aryl methyl sites for hydroxylation is 1. The van der Waals surface area contributed by atoms with Gasteiger partial charge in [0.25, 0.3) is 11.8 Å². The smallest absolute Gasteiger partial charge is 0.282 e. The Bertz CT molecular complexity index is 1200. The zero-order valence-electron chi connectivity index (χ0n) is 18.5. The number of carbonyl (C=O) groups is 2. The summed E-state index contributed by atoms with van der Waals surface area (Å²) in [5.41, 5.74) is 3.56. The Balaban J connectivity index is 1.89. The third-order valence-corrected chi connectivity index (χ3v) is 5.50. The standard InChI is InChI=1S/C26H24N2O4/c1-17-10-13-20(14-11-17)28-25(29)23(18-12-15-21(31-3)22(16-18)32-4)24(26(28)30)27(2)19-8-6-5-7-9-19/h5-16H,1-4H3. The van der Waals surface area contributed by atoms with Gasteiger partial charge in [-0.25, -0.2) is 4.90 Å². The summed E-state index contributed by atoms with van der Waals surface area (Å²) in [6.45, 7) is 1.96. The van der Waals surface area contributed by atoms with Crippen molar-refractivity contribution in [3.8, 4) is 11.5 Å². The second-order valence-electron chi connectivity index (χ2n) is 7.47. The first-order chi connectivity index (χ1) is 15.5. The Morgan fingerprint density at radius 2 is 1.44 bits per heavy atom. The second-order valence-corrected chi connectivity index (χ2v) is 7.47. The maximum absolute atomic E-state index is 13.7. The largest absolute Gasteiger partial charge is 0.493 e. The highest BCUT2D eigenvalue weighted by Crippen LogP contribution is 2.38. The number of likely N-dealkylation sites (N-methyl/N-ethyl adjacent to an activating group) is 1. The number of hydrogen-bond donors (Lipinski definition) is 0. The molecule has 1 aliphatic rings. The van der Waals surface area contributed by atoms with Gasteiger partial charge < -0.3 is 14.4 Å². The molecular weight excluding hydrogens is 404 g/mol. The van der Waals surface area contributed by atoms with Gasteiger partial charge in [-0.3, -0.25) is 9.59 Å². The zero-order chi connectivity index (χ0) is 22.8. The molecule has 0 fully saturated rings. The number of amides is 2. The Hall–Kier alpha value is -4.06. The van der Waals surface area contributed by atoms with Gasteiger partial charge in [-0.2, -0.15) is 0 Å². The average molecular weight is 428 g/mol. The number of imide groups is 1. The van der Waals surface area contributed by atoms with Crippen LogP contribution in [0, 0.1) is 6.92 Å². The number of para-hydroxylation sites is 1. The minimum Gasteiger partial charge on any atom is -0.493 e. The van der Waals surface area contributed by atoms with Gasteiger partial charge in [0.05, 0.1) is 25.5 Å². The molecule has 32 heavy (non-hydrogen) atoms. The van der Waals surface area contributed by atoms with Crippen LogP contribution in [0.4, 0.5) is 11.4 Å². The summed E-state index contributed by atoms with van der Waals surface area (Å²) in [6, 6.07) is 22.0. The fraction of sp³-hybridized carbons (Fsp3) is 0.154. The van der Waals surface area contributed by atoms with Gasteiger partial charge in [-0.05, 0) is 48.9 Å². The number of hydrogen-bond acceptors (Lipinski definition) is 5. The van der Waals surface area contributed by atoms with Gasteiger partial charge >= 0.3 is 0 Å². The lowest BCUT2D eigenvalue weighted by atomic mass is 10.0. The van der Waals surface area contributed by atoms with Crippen molar-refractivity contribution in [1.29, 1.82) is 0 Å². The fourth-order valence-electron chi connectivity index (χ4n) is 3.79. The summed E-state index contributed by atoms with van der Waals surface area (Å²) in [4.78, 5) is 30.3. The van der Waals surface area contributed by atoms with Crippen LogP contribution in [0.3, 0.4) is 0 Å². The first-order valence-corrected chi connectivity index (χ1v) is 10.2. The van der Waals surface area contributed by atoms with Crippen LogP contribution in [0.1, 0.15) is 11.1 Å². The third-order valence-electron chi connectivity index (χ3n) is 5.50. The Morgan fingerprint density at radius 3 is 2.06 bits per heavy atom. The Labute approximate surface area is 187 Å². The van der Waals surface area contributed by atoms with E-state index >= 15 is 0 Å². The number of anilines is 2. The normalized spacial score (nSPS) is 13.6. The summed E-state index contributed by atoms with van der Waals surface area (Å²) < 4.78 is 10.8. The van der Waals surface area contributed by atoms with Crippen LogP contribution in [0.15, 0.2) is 78.5 Å². The number of benzene rings is 3. The molecule has 0 spiro atoms. The summed E-state index contributed by atoms with van der Waals surface area (Å²) >= 11 is 0. The van der Waals surface area contributed by atoms with E-state index in [0.717, 1.165) is 11.3 Å². The maximum atomic E-state index is 13.7. The lowest BCUT2D eigenvalue weighted by molar-refractivity contribution is -0.120. The molecule has 0 bridgehead atoms. The van der Waals surface area contributed by atoms with E-state index in [1.165, 1.54) is 12.0 Å². The Kier molecular flexibility index (Phi) is 5.69. The van der Waals surface area contributed by atoms with Crippen LogP contribution >= 0.6 is 0 Å². The van der Waals surface area contributed by atoms with E-state index in [0.29, 0.717) is 34.0 Å². The highest BCUT2D eigenvalue weighted by atomic mass is 16.5. The number of carbonyl (C=O) groups excluding carboxylic acids is 2. The molecule has 6 heteroatoms. The van der Waals surface area contributed by atoms with Crippen molar-refractivity contribution in [3.63, 3.8) is 0 Å². The van der Waals surface area contributed by atoms with Crippen molar-refractivity contribution in [2.24, 2.45) is 0 Å². The first kappa shape index (κ1) is 21.2. The molecule has 0 N–H and O–H groups in total. The van der Waals surface area contributed by atoms with Gasteiger partial charge in [0.15, 0.2) is 11.5 Å². The minimum atomic E-state index is -0.385. The fourth-order valence-corrected chi connectivity index (χ4v) is 3.79. The maximum Gasteiger partial charge on any atom is 0.282 e. The lowest BCUT2D eigenvalue weighted by Crippen LogP contribution is -2.34. The monoisotopic (exact) mass is 428 g/mol. The summed E-state index contributed by atoms with van der Waals surface area (Å²) in [5, 5.41) is 0. The van der Waals surface area contributed by atoms with E-state index in [4.69, 9.17) is 9.47 Å². The van der Waals surface area contributed by atoms with E-state index in [2.05, 4.69) is 0 Å². The molecule has 6 nitrogen and oxygen atoms in total. The molecule has 0 aliphatic carbocycles. The van der Waals surface area contributed by atoms with Gasteiger partial charge in [-0.1, -0.05) is 42.0 Å². The van der Waals surface area contributed by atoms with Crippen LogP contribution < -0.4 is 19.3 Å². The van der Waals surface area contributed by atoms with Crippen LogP contribution in [-0.4, -0.2) is 33.1 Å². The molecule has 4 rings (SSSR count). The van der Waals surface area contributed by atoms with E-state index in [9.17, 15) is 9.59 Å². The van der Waals surface area contributed by atoms with E-state index in [1.807, 2.05) is 49.4 Å². The number of methoxy groups -OCH3 is 2. The predicted molar refractivity (Wildman–Crippen MR) is 125 cm³/mol. The van der Waals surface area contributed by atoms with Gasteiger partial charge in [0.1, 0.15) is 5.70 Å². The number of ether oxygens (including phenoxy) is 2. The Morgan fingerprint density at radius 1 is 0.781 bits per heavy atom. The molecule has 0 atom stereocenters. The lowest BCUT2D eigenvalue weighted by Gasteiger charge is -2.21. The zero-order valence-corrected chi connectivity index (χ0v) is 18.5. The third kappa shape index (κ3) is 3.60. The first-order valence-electron chi connectivity index (χ1n) is 10.2. The van der Waals surface area contributed by atoms with E-state index in [1.54, 1.807) is 49.4 Å². The molecule has 0 radical (unpaired) electrons. The highest BCUT2D eigenvalue weighted by Gasteiger charge is 2.42. The number of nitrogens with zero attached hydrogens (tertiary/aromatic N) is 2. The molecule has 3 aromatic carbocycles. The molecule has 3 aromatic rings. The number of rotatable bonds is 6. The van der Waals surface area contributed by atoms with Crippen molar-refractivity contribution in [3.05, 3.63) is 89.6 Å². The summed E-state index contributed by atoms with van der Waals surface area (Å²) in [5.74, 6) is 0.258. The van der Waals surface area contributed by atoms with Crippen LogP contribution in [0.5, 0.6) is 11.5 Å². The van der Waals surface area contributed by atoms with Crippen LogP contribution in [-0.2, 0) is 9.59 Å². The quantitative estimate of drug-likeness (QED) is 0.544. The van der Waals surface area contributed by atoms with Crippen molar-refractivity contribution >= 4 is 28.8 Å². The molecule has 0 saturated heterocycles. The van der Waals surface area contributed by atoms with Crippen molar-refractivity contribution in [1.82, 2.24) is 0 Å².